The number of amides is 2. The number of aromatic nitrogens is 2. The van der Waals surface area contributed by atoms with Crippen LogP contribution in [-0.4, -0.2) is 46.6 Å². The molecule has 4 rings (SSSR count). The lowest BCUT2D eigenvalue weighted by molar-refractivity contribution is 0.103. The number of halogens is 2. The molecule has 1 N–H and O–H groups in total. The van der Waals surface area contributed by atoms with E-state index in [0.29, 0.717) is 44.9 Å². The Hall–Kier alpha value is -3.55. The fraction of sp³-hybridized carbons (Fsp3) is 0.320. The van der Waals surface area contributed by atoms with Gasteiger partial charge in [0.15, 0.2) is 0 Å². The van der Waals surface area contributed by atoms with Crippen molar-refractivity contribution in [3.63, 3.8) is 0 Å². The maximum absolute atomic E-state index is 13.4. The number of rotatable bonds is 7. The summed E-state index contributed by atoms with van der Waals surface area (Å²) < 4.78 is 32.6. The van der Waals surface area contributed by atoms with Crippen LogP contribution in [0.4, 0.5) is 13.6 Å². The second-order valence-corrected chi connectivity index (χ2v) is 8.01. The SMILES string of the molecule is O=C(NCCC(c1ccc(F)cc1)c1ccc(F)cc1)N1CCC(Oc2ncccn2)CC1. The highest BCUT2D eigenvalue weighted by atomic mass is 19.1. The van der Waals surface area contributed by atoms with E-state index in [0.717, 1.165) is 11.1 Å². The molecule has 33 heavy (non-hydrogen) atoms. The van der Waals surface area contributed by atoms with Crippen molar-refractivity contribution in [1.82, 2.24) is 20.2 Å². The molecule has 1 saturated heterocycles. The number of hydrogen-bond acceptors (Lipinski definition) is 4. The number of ether oxygens (including phenoxy) is 1. The van der Waals surface area contributed by atoms with Gasteiger partial charge < -0.3 is 15.0 Å². The van der Waals surface area contributed by atoms with E-state index in [1.54, 1.807) is 47.6 Å². The highest BCUT2D eigenvalue weighted by Crippen LogP contribution is 2.28. The van der Waals surface area contributed by atoms with Gasteiger partial charge in [0.05, 0.1) is 0 Å². The summed E-state index contributed by atoms with van der Waals surface area (Å²) in [5, 5.41) is 2.98. The van der Waals surface area contributed by atoms with E-state index in [1.807, 2.05) is 0 Å². The molecule has 6 nitrogen and oxygen atoms in total. The quantitative estimate of drug-likeness (QED) is 0.572. The highest BCUT2D eigenvalue weighted by Gasteiger charge is 2.24. The van der Waals surface area contributed by atoms with Crippen LogP contribution >= 0.6 is 0 Å². The minimum Gasteiger partial charge on any atom is -0.460 e. The molecule has 0 saturated carbocycles. The molecule has 0 atom stereocenters. The van der Waals surface area contributed by atoms with Gasteiger partial charge in [-0.3, -0.25) is 0 Å². The molecule has 3 aromatic rings. The van der Waals surface area contributed by atoms with E-state index in [-0.39, 0.29) is 29.7 Å². The van der Waals surface area contributed by atoms with Crippen molar-refractivity contribution >= 4 is 6.03 Å². The van der Waals surface area contributed by atoms with Gasteiger partial charge in [-0.1, -0.05) is 24.3 Å². The summed E-state index contributed by atoms with van der Waals surface area (Å²) in [7, 11) is 0. The molecule has 0 aliphatic carbocycles. The second kappa shape index (κ2) is 10.8. The van der Waals surface area contributed by atoms with Crippen LogP contribution in [0, 0.1) is 11.6 Å². The Morgan fingerprint density at radius 2 is 1.52 bits per heavy atom. The van der Waals surface area contributed by atoms with Gasteiger partial charge in [0.1, 0.15) is 17.7 Å². The summed E-state index contributed by atoms with van der Waals surface area (Å²) in [6.07, 6.45) is 5.27. The van der Waals surface area contributed by atoms with Crippen molar-refractivity contribution in [3.8, 4) is 6.01 Å². The lowest BCUT2D eigenvalue weighted by Gasteiger charge is -2.31. The summed E-state index contributed by atoms with van der Waals surface area (Å²) in [6, 6.07) is 14.5. The molecular weight excluding hydrogens is 426 g/mol. The first kappa shape index (κ1) is 22.6. The van der Waals surface area contributed by atoms with Gasteiger partial charge >= 0.3 is 12.0 Å². The third kappa shape index (κ3) is 6.25. The largest absolute Gasteiger partial charge is 0.460 e. The number of urea groups is 1. The average Bonchev–Trinajstić information content (AvgIpc) is 2.84. The highest BCUT2D eigenvalue weighted by molar-refractivity contribution is 5.74. The number of nitrogens with zero attached hydrogens (tertiary/aromatic N) is 3. The van der Waals surface area contributed by atoms with Crippen molar-refractivity contribution in [2.24, 2.45) is 0 Å². The Kier molecular flexibility index (Phi) is 7.44. The van der Waals surface area contributed by atoms with Crippen LogP contribution in [0.5, 0.6) is 6.01 Å². The van der Waals surface area contributed by atoms with Crippen molar-refractivity contribution in [2.45, 2.75) is 31.3 Å². The Morgan fingerprint density at radius 1 is 0.970 bits per heavy atom. The van der Waals surface area contributed by atoms with Crippen LogP contribution in [0.15, 0.2) is 67.0 Å². The molecule has 0 spiro atoms. The molecule has 172 valence electrons. The fourth-order valence-electron chi connectivity index (χ4n) is 4.02. The number of carbonyl (C=O) groups excluding carboxylic acids is 1. The lowest BCUT2D eigenvalue weighted by Crippen LogP contribution is -2.46. The van der Waals surface area contributed by atoms with Crippen LogP contribution in [0.1, 0.15) is 36.3 Å². The third-order valence-electron chi connectivity index (χ3n) is 5.80. The van der Waals surface area contributed by atoms with Gasteiger partial charge in [-0.25, -0.2) is 23.5 Å². The number of piperidine rings is 1. The molecule has 2 amide bonds. The van der Waals surface area contributed by atoms with E-state index in [1.165, 1.54) is 24.3 Å². The molecule has 0 radical (unpaired) electrons. The number of carbonyl (C=O) groups is 1. The monoisotopic (exact) mass is 452 g/mol. The molecule has 1 aliphatic rings. The first-order chi connectivity index (χ1) is 16.1. The summed E-state index contributed by atoms with van der Waals surface area (Å²) in [4.78, 5) is 22.6. The molecular formula is C25H26F2N4O2. The minimum atomic E-state index is -0.309. The molecule has 0 bridgehead atoms. The van der Waals surface area contributed by atoms with Gasteiger partial charge in [-0.2, -0.15) is 0 Å². The minimum absolute atomic E-state index is 0.0159. The van der Waals surface area contributed by atoms with Gasteiger partial charge in [-0.05, 0) is 47.9 Å². The Bertz CT molecular complexity index is 979. The smallest absolute Gasteiger partial charge is 0.317 e. The maximum atomic E-state index is 13.4. The Balaban J connectivity index is 1.29. The van der Waals surface area contributed by atoms with E-state index in [2.05, 4.69) is 15.3 Å². The zero-order chi connectivity index (χ0) is 23.0. The van der Waals surface area contributed by atoms with Gasteiger partial charge in [0, 0.05) is 50.8 Å². The van der Waals surface area contributed by atoms with E-state index in [4.69, 9.17) is 4.74 Å². The van der Waals surface area contributed by atoms with E-state index in [9.17, 15) is 13.6 Å². The zero-order valence-corrected chi connectivity index (χ0v) is 18.2. The van der Waals surface area contributed by atoms with Crippen molar-refractivity contribution in [1.29, 1.82) is 0 Å². The average molecular weight is 453 g/mol. The standard InChI is InChI=1S/C25H26F2N4O2/c26-20-6-2-18(3-7-20)23(19-4-8-21(27)9-5-19)10-15-30-25(32)31-16-11-22(12-17-31)33-24-28-13-1-14-29-24/h1-9,13-14,22-23H,10-12,15-17H2,(H,30,32). The fourth-order valence-corrected chi connectivity index (χ4v) is 4.02. The van der Waals surface area contributed by atoms with Crippen LogP contribution in [-0.2, 0) is 0 Å². The summed E-state index contributed by atoms with van der Waals surface area (Å²) >= 11 is 0. The van der Waals surface area contributed by atoms with Crippen LogP contribution in [0.25, 0.3) is 0 Å². The Labute approximate surface area is 191 Å². The van der Waals surface area contributed by atoms with Crippen molar-refractivity contribution in [3.05, 3.63) is 89.8 Å². The van der Waals surface area contributed by atoms with Gasteiger partial charge in [0.2, 0.25) is 0 Å². The molecule has 1 aliphatic heterocycles. The predicted molar refractivity (Wildman–Crippen MR) is 120 cm³/mol. The normalized spacial score (nSPS) is 14.3. The molecule has 8 heteroatoms. The molecule has 1 fully saturated rings. The maximum Gasteiger partial charge on any atom is 0.317 e. The molecule has 2 heterocycles. The zero-order valence-electron chi connectivity index (χ0n) is 18.2. The molecule has 0 unspecified atom stereocenters. The van der Waals surface area contributed by atoms with Crippen molar-refractivity contribution in [2.75, 3.05) is 19.6 Å². The summed E-state index contributed by atoms with van der Waals surface area (Å²) in [5.41, 5.74) is 1.83. The van der Waals surface area contributed by atoms with E-state index < -0.39 is 0 Å². The predicted octanol–water partition coefficient (Wildman–Crippen LogP) is 4.53. The second-order valence-electron chi connectivity index (χ2n) is 8.01. The number of benzene rings is 2. The van der Waals surface area contributed by atoms with Crippen LogP contribution in [0.3, 0.4) is 0 Å². The van der Waals surface area contributed by atoms with Gasteiger partial charge in [-0.15, -0.1) is 0 Å². The van der Waals surface area contributed by atoms with Crippen LogP contribution in [0.2, 0.25) is 0 Å². The first-order valence-electron chi connectivity index (χ1n) is 11.1. The Morgan fingerprint density at radius 3 is 2.06 bits per heavy atom. The third-order valence-corrected chi connectivity index (χ3v) is 5.80. The van der Waals surface area contributed by atoms with Crippen LogP contribution < -0.4 is 10.1 Å². The summed E-state index contributed by atoms with van der Waals surface area (Å²) in [5.74, 6) is -0.705. The van der Waals surface area contributed by atoms with E-state index >= 15 is 0 Å². The molecule has 1 aromatic heterocycles. The lowest BCUT2D eigenvalue weighted by atomic mass is 9.88. The number of likely N-dealkylation sites (tertiary alicyclic amines) is 1. The number of nitrogens with one attached hydrogen (secondary N) is 1. The van der Waals surface area contributed by atoms with Gasteiger partial charge in [0.25, 0.3) is 0 Å². The van der Waals surface area contributed by atoms with Crippen molar-refractivity contribution < 1.29 is 18.3 Å². The summed E-state index contributed by atoms with van der Waals surface area (Å²) in [6.45, 7) is 1.61. The number of hydrogen-bond donors (Lipinski definition) is 1. The topological polar surface area (TPSA) is 67.4 Å². The first-order valence-corrected chi connectivity index (χ1v) is 11.1. The molecule has 2 aromatic carbocycles.